The Balaban J connectivity index is 1.95. The van der Waals surface area contributed by atoms with Gasteiger partial charge in [0.25, 0.3) is 0 Å². The molecule has 2 N–H and O–H groups in total. The van der Waals surface area contributed by atoms with Crippen LogP contribution in [0.5, 0.6) is 5.75 Å². The molecule has 0 saturated heterocycles. The molecule has 1 fully saturated rings. The van der Waals surface area contributed by atoms with E-state index in [1.165, 1.54) is 0 Å². The van der Waals surface area contributed by atoms with Crippen LogP contribution in [-0.2, 0) is 0 Å². The minimum Gasteiger partial charge on any atom is -0.490 e. The van der Waals surface area contributed by atoms with E-state index in [0.717, 1.165) is 30.6 Å². The molecule has 17 heavy (non-hydrogen) atoms. The lowest BCUT2D eigenvalue weighted by Crippen LogP contribution is -2.17. The van der Waals surface area contributed by atoms with Gasteiger partial charge in [-0.05, 0) is 37.0 Å². The predicted molar refractivity (Wildman–Crippen MR) is 66.0 cm³/mol. The van der Waals surface area contributed by atoms with Gasteiger partial charge in [-0.15, -0.1) is 0 Å². The van der Waals surface area contributed by atoms with Gasteiger partial charge in [-0.25, -0.2) is 0 Å². The second-order valence-electron chi connectivity index (χ2n) is 4.69. The van der Waals surface area contributed by atoms with Crippen molar-refractivity contribution < 1.29 is 14.9 Å². The van der Waals surface area contributed by atoms with Crippen LogP contribution in [0.25, 0.3) is 0 Å². The lowest BCUT2D eigenvalue weighted by atomic mass is 10.0. The quantitative estimate of drug-likeness (QED) is 0.797. The van der Waals surface area contributed by atoms with Crippen molar-refractivity contribution >= 4 is 0 Å². The first kappa shape index (κ1) is 12.4. The van der Waals surface area contributed by atoms with E-state index in [2.05, 4.69) is 0 Å². The highest BCUT2D eigenvalue weighted by molar-refractivity contribution is 5.29. The molecule has 1 aliphatic rings. The van der Waals surface area contributed by atoms with Crippen molar-refractivity contribution in [2.24, 2.45) is 0 Å². The van der Waals surface area contributed by atoms with Crippen LogP contribution in [0.4, 0.5) is 0 Å². The average molecular weight is 236 g/mol. The summed E-state index contributed by atoms with van der Waals surface area (Å²) in [6.45, 7) is 1.99. The molecule has 2 rings (SSSR count). The average Bonchev–Trinajstić information content (AvgIpc) is 3.13. The summed E-state index contributed by atoms with van der Waals surface area (Å²) in [6.07, 6.45) is 2.65. The van der Waals surface area contributed by atoms with E-state index in [1.807, 2.05) is 31.2 Å². The number of hydrogen-bond acceptors (Lipinski definition) is 3. The smallest absolute Gasteiger partial charge is 0.119 e. The Labute approximate surface area is 102 Å². The van der Waals surface area contributed by atoms with Gasteiger partial charge in [0.15, 0.2) is 0 Å². The van der Waals surface area contributed by atoms with Gasteiger partial charge < -0.3 is 14.9 Å². The third kappa shape index (κ3) is 3.45. The molecule has 2 atom stereocenters. The first-order chi connectivity index (χ1) is 8.20. The summed E-state index contributed by atoms with van der Waals surface area (Å²) >= 11 is 0. The van der Waals surface area contributed by atoms with Crippen LogP contribution in [0.3, 0.4) is 0 Å². The van der Waals surface area contributed by atoms with Crippen LogP contribution < -0.4 is 4.74 Å². The SMILES string of the molecule is CCCC(O)C(O)c1ccc(OC2CC2)cc1. The Morgan fingerprint density at radius 2 is 1.88 bits per heavy atom. The maximum atomic E-state index is 9.91. The van der Waals surface area contributed by atoms with Gasteiger partial charge in [0, 0.05) is 0 Å². The van der Waals surface area contributed by atoms with Crippen LogP contribution in [0.1, 0.15) is 44.3 Å². The van der Waals surface area contributed by atoms with Gasteiger partial charge in [0.1, 0.15) is 11.9 Å². The van der Waals surface area contributed by atoms with E-state index < -0.39 is 12.2 Å². The maximum Gasteiger partial charge on any atom is 0.119 e. The monoisotopic (exact) mass is 236 g/mol. The predicted octanol–water partition coefficient (Wildman–Crippen LogP) is 2.42. The Hall–Kier alpha value is -1.06. The van der Waals surface area contributed by atoms with Crippen LogP contribution in [0.2, 0.25) is 0 Å². The van der Waals surface area contributed by atoms with Crippen molar-refractivity contribution in [1.29, 1.82) is 0 Å². The summed E-state index contributed by atoms with van der Waals surface area (Å²) < 4.78 is 5.62. The zero-order valence-corrected chi connectivity index (χ0v) is 10.2. The topological polar surface area (TPSA) is 49.7 Å². The molecule has 3 heteroatoms. The fourth-order valence-electron chi connectivity index (χ4n) is 1.80. The molecule has 3 nitrogen and oxygen atoms in total. The highest BCUT2D eigenvalue weighted by Crippen LogP contribution is 2.28. The second-order valence-corrected chi connectivity index (χ2v) is 4.69. The van der Waals surface area contributed by atoms with Gasteiger partial charge in [-0.3, -0.25) is 0 Å². The highest BCUT2D eigenvalue weighted by Gasteiger charge is 2.23. The van der Waals surface area contributed by atoms with Crippen molar-refractivity contribution in [1.82, 2.24) is 0 Å². The molecule has 1 aromatic rings. The van der Waals surface area contributed by atoms with Crippen molar-refractivity contribution in [3.8, 4) is 5.75 Å². The van der Waals surface area contributed by atoms with Gasteiger partial charge in [-0.1, -0.05) is 25.5 Å². The number of aliphatic hydroxyl groups excluding tert-OH is 2. The number of benzene rings is 1. The summed E-state index contributed by atoms with van der Waals surface area (Å²) in [5.41, 5.74) is 0.745. The molecule has 1 saturated carbocycles. The first-order valence-corrected chi connectivity index (χ1v) is 6.33. The van der Waals surface area contributed by atoms with E-state index in [0.29, 0.717) is 12.5 Å². The maximum absolute atomic E-state index is 9.91. The van der Waals surface area contributed by atoms with Crippen molar-refractivity contribution in [3.05, 3.63) is 29.8 Å². The molecule has 0 spiro atoms. The summed E-state index contributed by atoms with van der Waals surface area (Å²) in [5.74, 6) is 0.841. The lowest BCUT2D eigenvalue weighted by Gasteiger charge is -2.17. The van der Waals surface area contributed by atoms with E-state index in [-0.39, 0.29) is 0 Å². The number of hydrogen-bond donors (Lipinski definition) is 2. The summed E-state index contributed by atoms with van der Waals surface area (Å²) in [7, 11) is 0. The van der Waals surface area contributed by atoms with Crippen LogP contribution in [0, 0.1) is 0 Å². The summed E-state index contributed by atoms with van der Waals surface area (Å²) in [5, 5.41) is 19.6. The zero-order chi connectivity index (χ0) is 12.3. The number of rotatable bonds is 6. The Morgan fingerprint density at radius 1 is 1.24 bits per heavy atom. The molecule has 0 aliphatic heterocycles. The van der Waals surface area contributed by atoms with Crippen LogP contribution in [0.15, 0.2) is 24.3 Å². The van der Waals surface area contributed by atoms with Crippen LogP contribution >= 0.6 is 0 Å². The van der Waals surface area contributed by atoms with Crippen molar-refractivity contribution in [2.45, 2.75) is 50.9 Å². The molecular formula is C14H20O3. The number of aliphatic hydroxyl groups is 2. The summed E-state index contributed by atoms with van der Waals surface area (Å²) in [6, 6.07) is 7.35. The third-order valence-electron chi connectivity index (χ3n) is 3.00. The largest absolute Gasteiger partial charge is 0.490 e. The van der Waals surface area contributed by atoms with Crippen molar-refractivity contribution in [2.75, 3.05) is 0 Å². The highest BCUT2D eigenvalue weighted by atomic mass is 16.5. The second kappa shape index (κ2) is 5.52. The molecule has 0 amide bonds. The molecule has 2 unspecified atom stereocenters. The zero-order valence-electron chi connectivity index (χ0n) is 10.2. The minimum absolute atomic E-state index is 0.386. The fraction of sp³-hybridized carbons (Fsp3) is 0.571. The van der Waals surface area contributed by atoms with E-state index >= 15 is 0 Å². The summed E-state index contributed by atoms with van der Waals surface area (Å²) in [4.78, 5) is 0. The molecule has 0 aromatic heterocycles. The van der Waals surface area contributed by atoms with Gasteiger partial charge in [0.05, 0.1) is 12.2 Å². The first-order valence-electron chi connectivity index (χ1n) is 6.33. The van der Waals surface area contributed by atoms with Crippen molar-refractivity contribution in [3.63, 3.8) is 0 Å². The van der Waals surface area contributed by atoms with Gasteiger partial charge in [0.2, 0.25) is 0 Å². The molecule has 1 aromatic carbocycles. The number of ether oxygens (including phenoxy) is 1. The molecule has 1 aliphatic carbocycles. The normalized spacial score (nSPS) is 18.8. The minimum atomic E-state index is -0.801. The van der Waals surface area contributed by atoms with E-state index in [1.54, 1.807) is 0 Å². The van der Waals surface area contributed by atoms with E-state index in [9.17, 15) is 10.2 Å². The molecular weight excluding hydrogens is 216 g/mol. The van der Waals surface area contributed by atoms with Gasteiger partial charge >= 0.3 is 0 Å². The third-order valence-corrected chi connectivity index (χ3v) is 3.00. The van der Waals surface area contributed by atoms with E-state index in [4.69, 9.17) is 4.74 Å². The molecule has 0 radical (unpaired) electrons. The fourth-order valence-corrected chi connectivity index (χ4v) is 1.80. The molecule has 0 bridgehead atoms. The Bertz CT molecular complexity index is 343. The molecule has 0 heterocycles. The Kier molecular flexibility index (Phi) is 4.02. The van der Waals surface area contributed by atoms with Gasteiger partial charge in [-0.2, -0.15) is 0 Å². The standard InChI is InChI=1S/C14H20O3/c1-2-3-13(15)14(16)10-4-6-11(7-5-10)17-12-8-9-12/h4-7,12-16H,2-3,8-9H2,1H3. The lowest BCUT2D eigenvalue weighted by molar-refractivity contribution is 0.0131. The Morgan fingerprint density at radius 3 is 2.41 bits per heavy atom. The van der Waals surface area contributed by atoms with Crippen LogP contribution in [-0.4, -0.2) is 22.4 Å². The molecule has 94 valence electrons.